The molecule has 18 heavy (non-hydrogen) atoms. The lowest BCUT2D eigenvalue weighted by molar-refractivity contribution is 0.153. The summed E-state index contributed by atoms with van der Waals surface area (Å²) in [5.74, 6) is 1.73. The van der Waals surface area contributed by atoms with Crippen molar-refractivity contribution in [1.82, 2.24) is 10.2 Å². The number of hydrogen-bond donors (Lipinski definition) is 1. The topological polar surface area (TPSA) is 37.6 Å². The van der Waals surface area contributed by atoms with E-state index in [1.807, 2.05) is 12.1 Å². The van der Waals surface area contributed by atoms with Crippen molar-refractivity contribution in [2.75, 3.05) is 39.9 Å². The lowest BCUT2D eigenvalue weighted by Crippen LogP contribution is -2.32. The van der Waals surface area contributed by atoms with E-state index in [4.69, 9.17) is 9.15 Å². The van der Waals surface area contributed by atoms with E-state index in [2.05, 4.69) is 17.1 Å². The van der Waals surface area contributed by atoms with Crippen molar-refractivity contribution < 1.29 is 9.15 Å². The second-order valence-electron chi connectivity index (χ2n) is 5.10. The Morgan fingerprint density at radius 3 is 3.22 bits per heavy atom. The molecule has 0 aliphatic carbocycles. The number of ether oxygens (including phenoxy) is 1. The highest BCUT2D eigenvalue weighted by molar-refractivity contribution is 5.02. The van der Waals surface area contributed by atoms with Crippen LogP contribution in [0.1, 0.15) is 25.1 Å². The number of likely N-dealkylation sites (tertiary alicyclic amines) is 1. The highest BCUT2D eigenvalue weighted by atomic mass is 16.5. The van der Waals surface area contributed by atoms with E-state index in [0.717, 1.165) is 31.4 Å². The van der Waals surface area contributed by atoms with Crippen LogP contribution in [0.3, 0.4) is 0 Å². The van der Waals surface area contributed by atoms with Crippen LogP contribution in [0, 0.1) is 5.92 Å². The molecule has 1 aromatic heterocycles. The molecule has 1 aliphatic heterocycles. The summed E-state index contributed by atoms with van der Waals surface area (Å²) in [6.07, 6.45) is 2.99. The highest BCUT2D eigenvalue weighted by Crippen LogP contribution is 2.16. The lowest BCUT2D eigenvalue weighted by Gasteiger charge is -2.18. The molecule has 1 aliphatic rings. The Kier molecular flexibility index (Phi) is 5.23. The maximum Gasteiger partial charge on any atom is 0.120 e. The molecule has 2 atom stereocenters. The summed E-state index contributed by atoms with van der Waals surface area (Å²) < 4.78 is 10.6. The minimum absolute atomic E-state index is 0.289. The van der Waals surface area contributed by atoms with E-state index in [1.165, 1.54) is 19.5 Å². The summed E-state index contributed by atoms with van der Waals surface area (Å²) in [5.41, 5.74) is 0. The normalized spacial score (nSPS) is 22.4. The second kappa shape index (κ2) is 6.92. The van der Waals surface area contributed by atoms with Crippen LogP contribution >= 0.6 is 0 Å². The average molecular weight is 252 g/mol. The molecule has 102 valence electrons. The zero-order valence-electron chi connectivity index (χ0n) is 11.4. The quantitative estimate of drug-likeness (QED) is 0.804. The molecule has 0 saturated carbocycles. The zero-order valence-corrected chi connectivity index (χ0v) is 11.4. The third kappa shape index (κ3) is 3.83. The van der Waals surface area contributed by atoms with Crippen molar-refractivity contribution in [2.45, 2.75) is 19.4 Å². The molecule has 0 bridgehead atoms. The van der Waals surface area contributed by atoms with Crippen LogP contribution in [0.25, 0.3) is 0 Å². The first-order chi connectivity index (χ1) is 8.79. The molecular weight excluding hydrogens is 228 g/mol. The van der Waals surface area contributed by atoms with Crippen LogP contribution in [0.15, 0.2) is 22.8 Å². The van der Waals surface area contributed by atoms with Gasteiger partial charge >= 0.3 is 0 Å². The monoisotopic (exact) mass is 252 g/mol. The van der Waals surface area contributed by atoms with Gasteiger partial charge in [0.2, 0.25) is 0 Å². The fourth-order valence-electron chi connectivity index (χ4n) is 2.57. The fraction of sp³-hybridized carbons (Fsp3) is 0.714. The average Bonchev–Trinajstić information content (AvgIpc) is 3.00. The number of furan rings is 1. The Hall–Kier alpha value is -0.840. The van der Waals surface area contributed by atoms with Crippen LogP contribution < -0.4 is 5.32 Å². The first-order valence-corrected chi connectivity index (χ1v) is 6.77. The first-order valence-electron chi connectivity index (χ1n) is 6.77. The third-order valence-electron chi connectivity index (χ3n) is 3.62. The highest BCUT2D eigenvalue weighted by Gasteiger charge is 2.21. The maximum atomic E-state index is 5.37. The molecule has 1 saturated heterocycles. The van der Waals surface area contributed by atoms with Crippen LogP contribution in [0.4, 0.5) is 0 Å². The molecule has 0 amide bonds. The van der Waals surface area contributed by atoms with E-state index in [9.17, 15) is 0 Å². The largest absolute Gasteiger partial charge is 0.468 e. The molecule has 2 heterocycles. The van der Waals surface area contributed by atoms with E-state index in [1.54, 1.807) is 13.4 Å². The minimum atomic E-state index is 0.289. The van der Waals surface area contributed by atoms with Gasteiger partial charge in [-0.3, -0.25) is 0 Å². The molecule has 1 N–H and O–H groups in total. The van der Waals surface area contributed by atoms with Crippen molar-refractivity contribution in [3.05, 3.63) is 24.2 Å². The van der Waals surface area contributed by atoms with Gasteiger partial charge in [0.05, 0.1) is 18.9 Å². The van der Waals surface area contributed by atoms with Gasteiger partial charge in [0.25, 0.3) is 0 Å². The summed E-state index contributed by atoms with van der Waals surface area (Å²) in [7, 11) is 1.79. The smallest absolute Gasteiger partial charge is 0.120 e. The van der Waals surface area contributed by atoms with E-state index in [0.29, 0.717) is 0 Å². The van der Waals surface area contributed by atoms with Crippen molar-refractivity contribution in [3.63, 3.8) is 0 Å². The zero-order chi connectivity index (χ0) is 12.8. The predicted molar refractivity (Wildman–Crippen MR) is 71.5 cm³/mol. The molecule has 4 heteroatoms. The molecule has 0 spiro atoms. The van der Waals surface area contributed by atoms with Crippen LogP contribution in [0.2, 0.25) is 0 Å². The molecule has 2 rings (SSSR count). The van der Waals surface area contributed by atoms with E-state index < -0.39 is 0 Å². The van der Waals surface area contributed by atoms with Crippen LogP contribution in [0.5, 0.6) is 0 Å². The fourth-order valence-corrected chi connectivity index (χ4v) is 2.57. The number of nitrogens with one attached hydrogen (secondary N) is 1. The van der Waals surface area contributed by atoms with Crippen molar-refractivity contribution in [3.8, 4) is 0 Å². The van der Waals surface area contributed by atoms with Gasteiger partial charge < -0.3 is 19.4 Å². The van der Waals surface area contributed by atoms with Crippen molar-refractivity contribution in [1.29, 1.82) is 0 Å². The Balaban J connectivity index is 1.61. The third-order valence-corrected chi connectivity index (χ3v) is 3.62. The first kappa shape index (κ1) is 13.6. The van der Waals surface area contributed by atoms with Gasteiger partial charge in [-0.05, 0) is 37.9 Å². The summed E-state index contributed by atoms with van der Waals surface area (Å²) >= 11 is 0. The number of rotatable bonds is 7. The maximum absolute atomic E-state index is 5.37. The number of methoxy groups -OCH3 is 1. The Morgan fingerprint density at radius 1 is 1.61 bits per heavy atom. The van der Waals surface area contributed by atoms with Crippen LogP contribution in [-0.2, 0) is 4.74 Å². The van der Waals surface area contributed by atoms with Gasteiger partial charge in [-0.2, -0.15) is 0 Å². The Labute approximate surface area is 109 Å². The molecule has 1 aromatic rings. The molecule has 0 radical (unpaired) electrons. The minimum Gasteiger partial charge on any atom is -0.468 e. The summed E-state index contributed by atoms with van der Waals surface area (Å²) in [5, 5.41) is 3.49. The second-order valence-corrected chi connectivity index (χ2v) is 5.10. The molecular formula is C14H24N2O2. The van der Waals surface area contributed by atoms with Gasteiger partial charge in [0.1, 0.15) is 5.76 Å². The van der Waals surface area contributed by atoms with E-state index in [-0.39, 0.29) is 6.04 Å². The molecule has 4 nitrogen and oxygen atoms in total. The Bertz CT molecular complexity index is 327. The Morgan fingerprint density at radius 2 is 2.50 bits per heavy atom. The van der Waals surface area contributed by atoms with E-state index >= 15 is 0 Å². The van der Waals surface area contributed by atoms with Gasteiger partial charge in [0.15, 0.2) is 0 Å². The number of hydrogen-bond acceptors (Lipinski definition) is 4. The molecule has 2 unspecified atom stereocenters. The number of nitrogens with zero attached hydrogens (tertiary/aromatic N) is 1. The SMILES string of the molecule is COCC1CCN(CCNC(C)c2ccco2)C1. The summed E-state index contributed by atoms with van der Waals surface area (Å²) in [6.45, 7) is 7.51. The summed E-state index contributed by atoms with van der Waals surface area (Å²) in [6, 6.07) is 4.24. The predicted octanol–water partition coefficient (Wildman–Crippen LogP) is 1.90. The van der Waals surface area contributed by atoms with Gasteiger partial charge in [-0.15, -0.1) is 0 Å². The molecule has 0 aromatic carbocycles. The van der Waals surface area contributed by atoms with Crippen molar-refractivity contribution in [2.24, 2.45) is 5.92 Å². The van der Waals surface area contributed by atoms with Gasteiger partial charge in [-0.1, -0.05) is 0 Å². The molecule has 1 fully saturated rings. The van der Waals surface area contributed by atoms with Gasteiger partial charge in [-0.25, -0.2) is 0 Å². The van der Waals surface area contributed by atoms with Crippen molar-refractivity contribution >= 4 is 0 Å². The standard InChI is InChI=1S/C14H24N2O2/c1-12(14-4-3-9-18-14)15-6-8-16-7-5-13(10-16)11-17-2/h3-4,9,12-13,15H,5-8,10-11H2,1-2H3. The van der Waals surface area contributed by atoms with Crippen LogP contribution in [-0.4, -0.2) is 44.8 Å². The van der Waals surface area contributed by atoms with Gasteiger partial charge in [0, 0.05) is 26.7 Å². The lowest BCUT2D eigenvalue weighted by atomic mass is 10.1. The summed E-state index contributed by atoms with van der Waals surface area (Å²) in [4.78, 5) is 2.51.